The number of benzene rings is 1. The fourth-order valence-corrected chi connectivity index (χ4v) is 3.57. The smallest absolute Gasteiger partial charge is 0.0412 e. The minimum atomic E-state index is 1.11. The number of nitrogens with zero attached hydrogens (tertiary/aromatic N) is 2. The highest BCUT2D eigenvalue weighted by atomic mass is 15.2. The van der Waals surface area contributed by atoms with Crippen LogP contribution in [0.2, 0.25) is 0 Å². The zero-order chi connectivity index (χ0) is 14.3. The molecule has 0 spiro atoms. The van der Waals surface area contributed by atoms with Crippen LogP contribution in [0.5, 0.6) is 0 Å². The molecule has 3 nitrogen and oxygen atoms in total. The molecule has 1 aromatic carbocycles. The average molecular weight is 287 g/mol. The summed E-state index contributed by atoms with van der Waals surface area (Å²) in [5, 5.41) is 3.45. The fraction of sp³-hybridized carbons (Fsp3) is 0.667. The number of rotatable bonds is 3. The molecule has 0 atom stereocenters. The van der Waals surface area contributed by atoms with Gasteiger partial charge in [-0.15, -0.1) is 0 Å². The van der Waals surface area contributed by atoms with Crippen LogP contribution in [-0.4, -0.2) is 44.2 Å². The number of likely N-dealkylation sites (tertiary alicyclic amines) is 1. The third-order valence-electron chi connectivity index (χ3n) is 4.79. The van der Waals surface area contributed by atoms with Crippen molar-refractivity contribution < 1.29 is 0 Å². The second kappa shape index (κ2) is 7.81. The molecule has 1 N–H and O–H groups in total. The van der Waals surface area contributed by atoms with E-state index in [1.54, 1.807) is 0 Å². The molecule has 2 aliphatic heterocycles. The summed E-state index contributed by atoms with van der Waals surface area (Å²) in [6.45, 7) is 8.16. The molecular weight excluding hydrogens is 258 g/mol. The lowest BCUT2D eigenvalue weighted by molar-refractivity contribution is 0.240. The zero-order valence-corrected chi connectivity index (χ0v) is 13.2. The first kappa shape index (κ1) is 14.9. The van der Waals surface area contributed by atoms with Crippen LogP contribution in [0.4, 0.5) is 5.69 Å². The van der Waals surface area contributed by atoms with Gasteiger partial charge in [0.25, 0.3) is 0 Å². The van der Waals surface area contributed by atoms with E-state index in [1.807, 2.05) is 0 Å². The highest BCUT2D eigenvalue weighted by Gasteiger charge is 2.16. The summed E-state index contributed by atoms with van der Waals surface area (Å²) in [5.41, 5.74) is 2.97. The van der Waals surface area contributed by atoms with Crippen molar-refractivity contribution in [2.45, 2.75) is 38.6 Å². The van der Waals surface area contributed by atoms with Gasteiger partial charge in [-0.3, -0.25) is 4.90 Å². The van der Waals surface area contributed by atoms with Crippen LogP contribution in [0.3, 0.4) is 0 Å². The van der Waals surface area contributed by atoms with Crippen molar-refractivity contribution >= 4 is 5.69 Å². The molecule has 0 unspecified atom stereocenters. The van der Waals surface area contributed by atoms with Gasteiger partial charge < -0.3 is 10.2 Å². The molecule has 0 aliphatic carbocycles. The molecule has 21 heavy (non-hydrogen) atoms. The van der Waals surface area contributed by atoms with Crippen molar-refractivity contribution in [3.63, 3.8) is 0 Å². The Bertz CT molecular complexity index is 418. The van der Waals surface area contributed by atoms with Crippen molar-refractivity contribution in [3.05, 3.63) is 29.8 Å². The molecule has 3 heteroatoms. The van der Waals surface area contributed by atoms with Crippen molar-refractivity contribution in [2.75, 3.05) is 44.2 Å². The van der Waals surface area contributed by atoms with E-state index in [9.17, 15) is 0 Å². The van der Waals surface area contributed by atoms with Crippen LogP contribution >= 0.6 is 0 Å². The molecule has 116 valence electrons. The van der Waals surface area contributed by atoms with E-state index >= 15 is 0 Å². The highest BCUT2D eigenvalue weighted by molar-refractivity contribution is 5.54. The Kier molecular flexibility index (Phi) is 5.53. The number of anilines is 1. The summed E-state index contributed by atoms with van der Waals surface area (Å²) in [6.07, 6.45) is 7.00. The Hall–Kier alpha value is -1.06. The van der Waals surface area contributed by atoms with E-state index in [-0.39, 0.29) is 0 Å². The number of hydrogen-bond acceptors (Lipinski definition) is 3. The number of piperazine rings is 1. The highest BCUT2D eigenvalue weighted by Crippen LogP contribution is 2.23. The Morgan fingerprint density at radius 1 is 0.810 bits per heavy atom. The molecule has 0 amide bonds. The summed E-state index contributed by atoms with van der Waals surface area (Å²) in [6, 6.07) is 9.03. The number of hydrogen-bond donors (Lipinski definition) is 1. The standard InChI is InChI=1S/C18H29N3/c1-2-6-12-20(13-7-3-1)16-17-8-4-5-9-18(17)21-14-10-19-11-15-21/h4-5,8-9,19H,1-3,6-7,10-16H2. The topological polar surface area (TPSA) is 18.5 Å². The van der Waals surface area contributed by atoms with Crippen LogP contribution in [0.15, 0.2) is 24.3 Å². The van der Waals surface area contributed by atoms with Gasteiger partial charge in [0.2, 0.25) is 0 Å². The number of nitrogens with one attached hydrogen (secondary N) is 1. The van der Waals surface area contributed by atoms with Gasteiger partial charge in [0, 0.05) is 38.4 Å². The van der Waals surface area contributed by atoms with Crippen LogP contribution in [0.1, 0.15) is 37.7 Å². The van der Waals surface area contributed by atoms with Crippen LogP contribution < -0.4 is 10.2 Å². The van der Waals surface area contributed by atoms with Gasteiger partial charge in [0.05, 0.1) is 0 Å². The molecule has 0 radical (unpaired) electrons. The third kappa shape index (κ3) is 4.21. The predicted molar refractivity (Wildman–Crippen MR) is 89.9 cm³/mol. The first-order valence-electron chi connectivity index (χ1n) is 8.69. The maximum atomic E-state index is 3.45. The molecule has 2 heterocycles. The molecule has 0 saturated carbocycles. The van der Waals surface area contributed by atoms with E-state index in [1.165, 1.54) is 56.4 Å². The molecule has 1 aromatic rings. The van der Waals surface area contributed by atoms with Crippen molar-refractivity contribution in [1.29, 1.82) is 0 Å². The predicted octanol–water partition coefficient (Wildman–Crippen LogP) is 2.86. The van der Waals surface area contributed by atoms with Gasteiger partial charge >= 0.3 is 0 Å². The monoisotopic (exact) mass is 287 g/mol. The largest absolute Gasteiger partial charge is 0.369 e. The summed E-state index contributed by atoms with van der Waals surface area (Å²) in [5.74, 6) is 0. The molecule has 2 fully saturated rings. The summed E-state index contributed by atoms with van der Waals surface area (Å²) in [7, 11) is 0. The minimum Gasteiger partial charge on any atom is -0.369 e. The molecule has 2 saturated heterocycles. The third-order valence-corrected chi connectivity index (χ3v) is 4.79. The summed E-state index contributed by atoms with van der Waals surface area (Å²) in [4.78, 5) is 5.22. The SMILES string of the molecule is c1ccc(N2CCNCC2)c(CN2CCCCCCC2)c1. The van der Waals surface area contributed by atoms with Gasteiger partial charge in [0.15, 0.2) is 0 Å². The van der Waals surface area contributed by atoms with Gasteiger partial charge in [-0.05, 0) is 37.6 Å². The van der Waals surface area contributed by atoms with E-state index in [2.05, 4.69) is 39.4 Å². The van der Waals surface area contributed by atoms with E-state index < -0.39 is 0 Å². The van der Waals surface area contributed by atoms with Crippen LogP contribution in [0, 0.1) is 0 Å². The molecule has 3 rings (SSSR count). The van der Waals surface area contributed by atoms with E-state index in [0.29, 0.717) is 0 Å². The molecule has 0 bridgehead atoms. The first-order chi connectivity index (χ1) is 10.4. The maximum Gasteiger partial charge on any atom is 0.0412 e. The maximum absolute atomic E-state index is 3.45. The van der Waals surface area contributed by atoms with E-state index in [4.69, 9.17) is 0 Å². The van der Waals surface area contributed by atoms with Crippen molar-refractivity contribution in [2.24, 2.45) is 0 Å². The van der Waals surface area contributed by atoms with Crippen molar-refractivity contribution in [3.8, 4) is 0 Å². The summed E-state index contributed by atoms with van der Waals surface area (Å²) >= 11 is 0. The normalized spacial score (nSPS) is 21.8. The van der Waals surface area contributed by atoms with Crippen molar-refractivity contribution in [1.82, 2.24) is 10.2 Å². The van der Waals surface area contributed by atoms with Gasteiger partial charge in [-0.2, -0.15) is 0 Å². The Morgan fingerprint density at radius 3 is 2.24 bits per heavy atom. The van der Waals surface area contributed by atoms with Gasteiger partial charge in [-0.1, -0.05) is 37.5 Å². The van der Waals surface area contributed by atoms with Crippen LogP contribution in [0.25, 0.3) is 0 Å². The van der Waals surface area contributed by atoms with Gasteiger partial charge in [-0.25, -0.2) is 0 Å². The number of para-hydroxylation sites is 1. The fourth-order valence-electron chi connectivity index (χ4n) is 3.57. The van der Waals surface area contributed by atoms with Crippen LogP contribution in [-0.2, 0) is 6.54 Å². The molecule has 0 aromatic heterocycles. The zero-order valence-electron chi connectivity index (χ0n) is 13.2. The summed E-state index contributed by atoms with van der Waals surface area (Å²) < 4.78 is 0. The Labute approximate surface area is 129 Å². The lowest BCUT2D eigenvalue weighted by atomic mass is 10.1. The lowest BCUT2D eigenvalue weighted by Crippen LogP contribution is -2.44. The first-order valence-corrected chi connectivity index (χ1v) is 8.69. The molecular formula is C18H29N3. The quantitative estimate of drug-likeness (QED) is 0.922. The van der Waals surface area contributed by atoms with Gasteiger partial charge in [0.1, 0.15) is 0 Å². The Balaban J connectivity index is 1.68. The second-order valence-electron chi connectivity index (χ2n) is 6.41. The lowest BCUT2D eigenvalue weighted by Gasteiger charge is -2.33. The Morgan fingerprint density at radius 2 is 1.48 bits per heavy atom. The average Bonchev–Trinajstić information content (AvgIpc) is 2.51. The van der Waals surface area contributed by atoms with E-state index in [0.717, 1.165) is 32.7 Å². The second-order valence-corrected chi connectivity index (χ2v) is 6.41. The molecule has 2 aliphatic rings. The minimum absolute atomic E-state index is 1.11.